The number of aromatic amines is 1. The number of H-pyrrole nitrogens is 1. The van der Waals surface area contributed by atoms with E-state index in [1.165, 1.54) is 0 Å². The first-order chi connectivity index (χ1) is 16.6. The van der Waals surface area contributed by atoms with Gasteiger partial charge in [0.1, 0.15) is 0 Å². The Kier molecular flexibility index (Phi) is 6.68. The SMILES string of the molecule is O=C1NC(=O)C(=Cc2ccnc(N3CCC(CNCc4cccc(-c5ccc[nH]5)n4)CC3)n2)S1. The Balaban J connectivity index is 1.11. The van der Waals surface area contributed by atoms with Crippen LogP contribution in [0.25, 0.3) is 17.5 Å². The van der Waals surface area contributed by atoms with Crippen LogP contribution in [0.2, 0.25) is 0 Å². The van der Waals surface area contributed by atoms with E-state index in [-0.39, 0.29) is 11.1 Å². The second-order valence-electron chi connectivity index (χ2n) is 8.29. The molecule has 0 radical (unpaired) electrons. The molecule has 0 saturated carbocycles. The number of aromatic nitrogens is 4. The van der Waals surface area contributed by atoms with Gasteiger partial charge in [0, 0.05) is 32.0 Å². The number of thioether (sulfide) groups is 1. The number of hydrogen-bond acceptors (Lipinski definition) is 8. The monoisotopic (exact) mass is 475 g/mol. The summed E-state index contributed by atoms with van der Waals surface area (Å²) in [5.74, 6) is 0.855. The number of amides is 2. The second kappa shape index (κ2) is 10.2. The minimum Gasteiger partial charge on any atom is -0.360 e. The molecule has 2 saturated heterocycles. The van der Waals surface area contributed by atoms with Gasteiger partial charge < -0.3 is 15.2 Å². The summed E-state index contributed by atoms with van der Waals surface area (Å²) in [6.07, 6.45) is 7.32. The maximum absolute atomic E-state index is 11.8. The van der Waals surface area contributed by atoms with Crippen molar-refractivity contribution in [1.29, 1.82) is 0 Å². The maximum atomic E-state index is 11.8. The van der Waals surface area contributed by atoms with E-state index < -0.39 is 0 Å². The lowest BCUT2D eigenvalue weighted by Crippen LogP contribution is -2.38. The van der Waals surface area contributed by atoms with Crippen molar-refractivity contribution < 1.29 is 9.59 Å². The van der Waals surface area contributed by atoms with E-state index in [1.54, 1.807) is 18.3 Å². The summed E-state index contributed by atoms with van der Waals surface area (Å²) in [6.45, 7) is 3.43. The van der Waals surface area contributed by atoms with E-state index in [1.807, 2.05) is 36.5 Å². The minimum atomic E-state index is -0.380. The lowest BCUT2D eigenvalue weighted by molar-refractivity contribution is -0.115. The molecule has 0 spiro atoms. The third-order valence-corrected chi connectivity index (χ3v) is 6.71. The highest BCUT2D eigenvalue weighted by molar-refractivity contribution is 8.18. The first kappa shape index (κ1) is 22.3. The molecule has 0 bridgehead atoms. The molecule has 34 heavy (non-hydrogen) atoms. The first-order valence-electron chi connectivity index (χ1n) is 11.3. The fraction of sp³-hybridized carbons (Fsp3) is 0.292. The molecule has 174 valence electrons. The molecule has 0 atom stereocenters. The number of nitrogens with zero attached hydrogens (tertiary/aromatic N) is 4. The molecule has 3 N–H and O–H groups in total. The van der Waals surface area contributed by atoms with Crippen LogP contribution in [-0.2, 0) is 11.3 Å². The van der Waals surface area contributed by atoms with Crippen LogP contribution in [0.15, 0.2) is 53.7 Å². The highest BCUT2D eigenvalue weighted by Crippen LogP contribution is 2.26. The highest BCUT2D eigenvalue weighted by atomic mass is 32.2. The van der Waals surface area contributed by atoms with E-state index >= 15 is 0 Å². The van der Waals surface area contributed by atoms with E-state index in [9.17, 15) is 9.59 Å². The van der Waals surface area contributed by atoms with Crippen molar-refractivity contribution in [3.8, 4) is 11.4 Å². The molecular formula is C24H25N7O2S. The standard InChI is InChI=1S/C24H25N7O2S/c32-22-21(34-24(33)30-22)13-17-6-10-27-23(29-17)31-11-7-16(8-12-31)14-25-15-18-3-1-4-20(28-18)19-5-2-9-26-19/h1-6,9-10,13,16,25-26H,7-8,11-12,14-15H2,(H,30,32,33). The molecule has 0 aromatic carbocycles. The average molecular weight is 476 g/mol. The lowest BCUT2D eigenvalue weighted by Gasteiger charge is -2.32. The molecule has 3 aromatic heterocycles. The van der Waals surface area contributed by atoms with Gasteiger partial charge in [-0.3, -0.25) is 14.9 Å². The molecule has 10 heteroatoms. The number of carbonyl (C=O) groups excluding carboxylic acids is 2. The molecule has 5 rings (SSSR count). The van der Waals surface area contributed by atoms with Gasteiger partial charge >= 0.3 is 0 Å². The molecule has 3 aromatic rings. The number of carbonyl (C=O) groups is 2. The van der Waals surface area contributed by atoms with Crippen molar-refractivity contribution in [2.75, 3.05) is 24.5 Å². The number of rotatable bonds is 7. The van der Waals surface area contributed by atoms with Gasteiger partial charge in [-0.1, -0.05) is 6.07 Å². The van der Waals surface area contributed by atoms with E-state index in [4.69, 9.17) is 4.98 Å². The first-order valence-corrected chi connectivity index (χ1v) is 12.1. The van der Waals surface area contributed by atoms with E-state index in [0.29, 0.717) is 22.5 Å². The zero-order valence-corrected chi connectivity index (χ0v) is 19.3. The third kappa shape index (κ3) is 5.35. The summed E-state index contributed by atoms with van der Waals surface area (Å²) in [5, 5.41) is 5.46. The number of imide groups is 1. The van der Waals surface area contributed by atoms with Crippen molar-refractivity contribution >= 4 is 34.9 Å². The zero-order chi connectivity index (χ0) is 23.3. The average Bonchev–Trinajstić information content (AvgIpc) is 3.50. The van der Waals surface area contributed by atoms with Crippen LogP contribution in [-0.4, -0.2) is 50.7 Å². The number of piperidine rings is 1. The van der Waals surface area contributed by atoms with Crippen LogP contribution >= 0.6 is 11.8 Å². The summed E-state index contributed by atoms with van der Waals surface area (Å²) in [5.41, 5.74) is 3.62. The zero-order valence-electron chi connectivity index (χ0n) is 18.5. The van der Waals surface area contributed by atoms with Gasteiger partial charge in [0.05, 0.1) is 27.7 Å². The number of pyridine rings is 1. The van der Waals surface area contributed by atoms with Gasteiger partial charge in [0.25, 0.3) is 11.1 Å². The van der Waals surface area contributed by atoms with Crippen LogP contribution in [0.3, 0.4) is 0 Å². The summed E-state index contributed by atoms with van der Waals surface area (Å²) >= 11 is 0.891. The van der Waals surface area contributed by atoms with Crippen molar-refractivity contribution in [2.45, 2.75) is 19.4 Å². The fourth-order valence-corrected chi connectivity index (χ4v) is 4.78. The van der Waals surface area contributed by atoms with Crippen molar-refractivity contribution in [3.63, 3.8) is 0 Å². The summed E-state index contributed by atoms with van der Waals surface area (Å²) in [4.78, 5) is 42.6. The second-order valence-corrected chi connectivity index (χ2v) is 9.31. The number of anilines is 1. The molecule has 0 aliphatic carbocycles. The van der Waals surface area contributed by atoms with Crippen LogP contribution in [0.5, 0.6) is 0 Å². The largest absolute Gasteiger partial charge is 0.360 e. The van der Waals surface area contributed by atoms with E-state index in [2.05, 4.69) is 30.5 Å². The van der Waals surface area contributed by atoms with Crippen molar-refractivity contribution in [1.82, 2.24) is 30.6 Å². The molecule has 2 aliphatic rings. The normalized spacial score (nSPS) is 18.0. The molecule has 2 amide bonds. The number of nitrogens with one attached hydrogen (secondary N) is 3. The van der Waals surface area contributed by atoms with Crippen LogP contribution < -0.4 is 15.5 Å². The molecule has 9 nitrogen and oxygen atoms in total. The van der Waals surface area contributed by atoms with Gasteiger partial charge in [0.15, 0.2) is 0 Å². The van der Waals surface area contributed by atoms with Crippen molar-refractivity contribution in [2.24, 2.45) is 5.92 Å². The molecular weight excluding hydrogens is 450 g/mol. The molecule has 2 aliphatic heterocycles. The van der Waals surface area contributed by atoms with Crippen LogP contribution in [0.4, 0.5) is 10.7 Å². The smallest absolute Gasteiger partial charge is 0.290 e. The quantitative estimate of drug-likeness (QED) is 0.446. The number of hydrogen-bond donors (Lipinski definition) is 3. The van der Waals surface area contributed by atoms with Gasteiger partial charge in [-0.15, -0.1) is 0 Å². The molecule has 2 fully saturated rings. The Bertz CT molecular complexity index is 1200. The van der Waals surface area contributed by atoms with Gasteiger partial charge in [-0.2, -0.15) is 0 Å². The van der Waals surface area contributed by atoms with E-state index in [0.717, 1.165) is 67.9 Å². The minimum absolute atomic E-state index is 0.354. The molecule has 5 heterocycles. The Morgan fingerprint density at radius 2 is 2.00 bits per heavy atom. The van der Waals surface area contributed by atoms with Crippen molar-refractivity contribution in [3.05, 3.63) is 65.1 Å². The predicted octanol–water partition coefficient (Wildman–Crippen LogP) is 3.20. The van der Waals surface area contributed by atoms with Gasteiger partial charge in [0.2, 0.25) is 5.95 Å². The fourth-order valence-electron chi connectivity index (χ4n) is 4.11. The Morgan fingerprint density at radius 3 is 2.76 bits per heavy atom. The topological polar surface area (TPSA) is 116 Å². The summed E-state index contributed by atoms with van der Waals surface area (Å²) in [7, 11) is 0. The van der Waals surface area contributed by atoms with Crippen LogP contribution in [0, 0.1) is 5.92 Å². The summed E-state index contributed by atoms with van der Waals surface area (Å²) < 4.78 is 0. The van der Waals surface area contributed by atoms with Gasteiger partial charge in [-0.25, -0.2) is 15.0 Å². The van der Waals surface area contributed by atoms with Crippen LogP contribution in [0.1, 0.15) is 24.2 Å². The maximum Gasteiger partial charge on any atom is 0.290 e. The van der Waals surface area contributed by atoms with Gasteiger partial charge in [-0.05, 0) is 73.5 Å². The third-order valence-electron chi connectivity index (χ3n) is 5.90. The lowest BCUT2D eigenvalue weighted by atomic mass is 9.97. The highest BCUT2D eigenvalue weighted by Gasteiger charge is 2.25. The Morgan fingerprint density at radius 1 is 1.12 bits per heavy atom. The summed E-state index contributed by atoms with van der Waals surface area (Å²) in [6, 6.07) is 11.8. The Hall–Kier alpha value is -3.50. The Labute approximate surface area is 201 Å². The predicted molar refractivity (Wildman–Crippen MR) is 132 cm³/mol. The molecule has 0 unspecified atom stereocenters.